The first-order valence-corrected chi connectivity index (χ1v) is 7.76. The fraction of sp³-hybridized carbons (Fsp3) is 0.500. The second-order valence-corrected chi connectivity index (χ2v) is 6.72. The van der Waals surface area contributed by atoms with Crippen LogP contribution in [0.1, 0.15) is 26.2 Å². The summed E-state index contributed by atoms with van der Waals surface area (Å²) in [4.78, 5) is 9.32. The van der Waals surface area contributed by atoms with Crippen molar-refractivity contribution in [3.8, 4) is 0 Å². The van der Waals surface area contributed by atoms with Crippen LogP contribution in [0.25, 0.3) is 0 Å². The van der Waals surface area contributed by atoms with Crippen LogP contribution in [0.2, 0.25) is 0 Å². The molecule has 1 aliphatic rings. The molecule has 6 nitrogen and oxygen atoms in total. The third kappa shape index (κ3) is 2.96. The van der Waals surface area contributed by atoms with Crippen molar-refractivity contribution in [1.29, 1.82) is 0 Å². The van der Waals surface area contributed by atoms with Crippen LogP contribution in [0, 0.1) is 21.8 Å². The van der Waals surface area contributed by atoms with Gasteiger partial charge in [-0.15, -0.1) is 0 Å². The summed E-state index contributed by atoms with van der Waals surface area (Å²) in [7, 11) is -3.85. The number of hydrogen-bond donors (Lipinski definition) is 1. The Labute approximate surface area is 116 Å². The molecular formula is C12H15FN2O4S. The summed E-state index contributed by atoms with van der Waals surface area (Å²) in [5.41, 5.74) is -0.738. The number of nitro groups is 1. The van der Waals surface area contributed by atoms with Crippen LogP contribution in [-0.4, -0.2) is 19.4 Å². The van der Waals surface area contributed by atoms with Gasteiger partial charge in [0.15, 0.2) is 0 Å². The number of nitrogens with zero attached hydrogens (tertiary/aromatic N) is 1. The third-order valence-electron chi connectivity index (χ3n) is 3.59. The van der Waals surface area contributed by atoms with Crippen LogP contribution < -0.4 is 4.72 Å². The highest BCUT2D eigenvalue weighted by Crippen LogP contribution is 2.27. The topological polar surface area (TPSA) is 89.3 Å². The summed E-state index contributed by atoms with van der Waals surface area (Å²) in [5.74, 6) is -0.926. The number of sulfonamides is 1. The summed E-state index contributed by atoms with van der Waals surface area (Å²) in [6.07, 6.45) is 2.64. The zero-order chi connectivity index (χ0) is 14.9. The molecule has 1 N–H and O–H groups in total. The average molecular weight is 302 g/mol. The molecular weight excluding hydrogens is 287 g/mol. The largest absolute Gasteiger partial charge is 0.304 e. The molecule has 1 fully saturated rings. The molecule has 1 saturated carbocycles. The van der Waals surface area contributed by atoms with Crippen LogP contribution in [0.4, 0.5) is 10.1 Å². The highest BCUT2D eigenvalue weighted by Gasteiger charge is 2.29. The number of nitrogens with one attached hydrogen (secondary N) is 1. The van der Waals surface area contributed by atoms with Crippen molar-refractivity contribution in [2.24, 2.45) is 5.92 Å². The van der Waals surface area contributed by atoms with Gasteiger partial charge >= 0.3 is 5.69 Å². The molecule has 0 aromatic heterocycles. The molecule has 0 bridgehead atoms. The second-order valence-electron chi connectivity index (χ2n) is 5.01. The Morgan fingerprint density at radius 2 is 2.10 bits per heavy atom. The molecule has 0 amide bonds. The van der Waals surface area contributed by atoms with E-state index in [-0.39, 0.29) is 16.9 Å². The van der Waals surface area contributed by atoms with Crippen molar-refractivity contribution in [2.75, 3.05) is 0 Å². The number of halogens is 1. The molecule has 0 radical (unpaired) electrons. The number of nitro benzene ring substituents is 1. The predicted octanol–water partition coefficient (Wildman–Crippen LogP) is 2.20. The Morgan fingerprint density at radius 1 is 1.40 bits per heavy atom. The van der Waals surface area contributed by atoms with Gasteiger partial charge in [0.05, 0.1) is 9.82 Å². The van der Waals surface area contributed by atoms with Crippen LogP contribution >= 0.6 is 0 Å². The van der Waals surface area contributed by atoms with Gasteiger partial charge in [-0.1, -0.05) is 13.3 Å². The highest BCUT2D eigenvalue weighted by molar-refractivity contribution is 7.89. The molecule has 2 rings (SSSR count). The number of rotatable bonds is 4. The molecule has 2 atom stereocenters. The normalized spacial score (nSPS) is 22.9. The lowest BCUT2D eigenvalue weighted by molar-refractivity contribution is -0.387. The van der Waals surface area contributed by atoms with E-state index in [0.29, 0.717) is 6.07 Å². The number of hydrogen-bond acceptors (Lipinski definition) is 4. The minimum atomic E-state index is -3.85. The molecule has 2 unspecified atom stereocenters. The Hall–Kier alpha value is -1.54. The van der Waals surface area contributed by atoms with Gasteiger partial charge in [-0.25, -0.2) is 13.1 Å². The summed E-state index contributed by atoms with van der Waals surface area (Å²) in [5, 5.41) is 10.5. The fourth-order valence-corrected chi connectivity index (χ4v) is 3.78. The van der Waals surface area contributed by atoms with Crippen LogP contribution in [0.15, 0.2) is 23.1 Å². The van der Waals surface area contributed by atoms with E-state index in [1.807, 2.05) is 6.92 Å². The molecule has 1 aliphatic carbocycles. The van der Waals surface area contributed by atoms with E-state index >= 15 is 0 Å². The SMILES string of the molecule is CC1CCCC1NS(=O)(=O)c1ccc([N+](=O)[O-])c(F)c1. The Balaban J connectivity index is 2.25. The van der Waals surface area contributed by atoms with E-state index in [4.69, 9.17) is 0 Å². The minimum absolute atomic E-state index is 0.168. The quantitative estimate of drug-likeness (QED) is 0.682. The van der Waals surface area contributed by atoms with Crippen LogP contribution in [0.5, 0.6) is 0 Å². The van der Waals surface area contributed by atoms with Gasteiger partial charge in [-0.3, -0.25) is 10.1 Å². The van der Waals surface area contributed by atoms with Gasteiger partial charge in [0.2, 0.25) is 15.8 Å². The standard InChI is InChI=1S/C12H15FN2O4S/c1-8-3-2-4-11(8)14-20(18,19)9-5-6-12(15(16)17)10(13)7-9/h5-8,11,14H,2-4H2,1H3. The fourth-order valence-electron chi connectivity index (χ4n) is 2.39. The summed E-state index contributed by atoms with van der Waals surface area (Å²) < 4.78 is 40.3. The molecule has 0 spiro atoms. The van der Waals surface area contributed by atoms with Gasteiger partial charge in [-0.05, 0) is 24.8 Å². The van der Waals surface area contributed by atoms with E-state index < -0.39 is 26.5 Å². The number of benzene rings is 1. The predicted molar refractivity (Wildman–Crippen MR) is 70.2 cm³/mol. The zero-order valence-electron chi connectivity index (χ0n) is 10.9. The molecule has 0 saturated heterocycles. The summed E-state index contributed by atoms with van der Waals surface area (Å²) in [6, 6.07) is 2.42. The van der Waals surface area contributed by atoms with Crippen molar-refractivity contribution in [2.45, 2.75) is 37.1 Å². The minimum Gasteiger partial charge on any atom is -0.258 e. The smallest absolute Gasteiger partial charge is 0.258 e. The highest BCUT2D eigenvalue weighted by atomic mass is 32.2. The average Bonchev–Trinajstić information content (AvgIpc) is 2.73. The van der Waals surface area contributed by atoms with Gasteiger partial charge in [0.1, 0.15) is 0 Å². The maximum Gasteiger partial charge on any atom is 0.304 e. The van der Waals surface area contributed by atoms with Gasteiger partial charge in [-0.2, -0.15) is 4.39 Å². The summed E-state index contributed by atoms with van der Waals surface area (Å²) in [6.45, 7) is 1.95. The van der Waals surface area contributed by atoms with E-state index in [9.17, 15) is 22.9 Å². The summed E-state index contributed by atoms with van der Waals surface area (Å²) >= 11 is 0. The molecule has 1 aromatic rings. The Bertz CT molecular complexity index is 632. The van der Waals surface area contributed by atoms with Crippen molar-refractivity contribution in [3.05, 3.63) is 34.1 Å². The molecule has 1 aromatic carbocycles. The maximum atomic E-state index is 13.5. The van der Waals surface area contributed by atoms with E-state index in [1.165, 1.54) is 0 Å². The lowest BCUT2D eigenvalue weighted by Gasteiger charge is -2.17. The molecule has 110 valence electrons. The third-order valence-corrected chi connectivity index (χ3v) is 5.08. The van der Waals surface area contributed by atoms with Gasteiger partial charge in [0, 0.05) is 18.2 Å². The van der Waals surface area contributed by atoms with Crippen molar-refractivity contribution in [1.82, 2.24) is 4.72 Å². The maximum absolute atomic E-state index is 13.5. The van der Waals surface area contributed by atoms with Gasteiger partial charge < -0.3 is 0 Å². The first-order valence-electron chi connectivity index (χ1n) is 6.27. The van der Waals surface area contributed by atoms with Crippen molar-refractivity contribution >= 4 is 15.7 Å². The van der Waals surface area contributed by atoms with E-state index in [2.05, 4.69) is 4.72 Å². The first kappa shape index (κ1) is 14.9. The second kappa shape index (κ2) is 5.45. The molecule has 8 heteroatoms. The monoisotopic (exact) mass is 302 g/mol. The van der Waals surface area contributed by atoms with Gasteiger partial charge in [0.25, 0.3) is 0 Å². The van der Waals surface area contributed by atoms with E-state index in [0.717, 1.165) is 31.4 Å². The molecule has 0 aliphatic heterocycles. The Morgan fingerprint density at radius 3 is 2.60 bits per heavy atom. The zero-order valence-corrected chi connectivity index (χ0v) is 11.7. The van der Waals surface area contributed by atoms with E-state index in [1.54, 1.807) is 0 Å². The first-order chi connectivity index (χ1) is 9.31. The Kier molecular flexibility index (Phi) is 4.05. The molecule has 0 heterocycles. The van der Waals surface area contributed by atoms with Crippen molar-refractivity contribution < 1.29 is 17.7 Å². The lowest BCUT2D eigenvalue weighted by Crippen LogP contribution is -2.36. The molecule has 20 heavy (non-hydrogen) atoms. The van der Waals surface area contributed by atoms with Crippen LogP contribution in [0.3, 0.4) is 0 Å². The van der Waals surface area contributed by atoms with Crippen LogP contribution in [-0.2, 0) is 10.0 Å². The lowest BCUT2D eigenvalue weighted by atomic mass is 10.1. The van der Waals surface area contributed by atoms with Crippen molar-refractivity contribution in [3.63, 3.8) is 0 Å².